The van der Waals surface area contributed by atoms with Gasteiger partial charge in [-0.15, -0.1) is 0 Å². The largest absolute Gasteiger partial charge is 0.433 e. The molecule has 7 heteroatoms. The molecule has 0 spiro atoms. The number of piperidine rings is 1. The predicted octanol–water partition coefficient (Wildman–Crippen LogP) is 2.92. The maximum Gasteiger partial charge on any atom is 0.433 e. The third-order valence-electron chi connectivity index (χ3n) is 4.67. The Labute approximate surface area is 133 Å². The smallest absolute Gasteiger partial charge is 0.342 e. The third kappa shape index (κ3) is 3.33. The highest BCUT2D eigenvalue weighted by Crippen LogP contribution is 2.36. The number of amides is 1. The zero-order valence-corrected chi connectivity index (χ0v) is 13.1. The van der Waals surface area contributed by atoms with Gasteiger partial charge in [0.25, 0.3) is 0 Å². The highest BCUT2D eigenvalue weighted by atomic mass is 19.4. The van der Waals surface area contributed by atoms with Gasteiger partial charge in [-0.2, -0.15) is 13.2 Å². The Hall–Kier alpha value is -1.66. The molecule has 1 unspecified atom stereocenters. The van der Waals surface area contributed by atoms with Crippen molar-refractivity contribution in [3.05, 3.63) is 22.8 Å². The Morgan fingerprint density at radius 2 is 1.87 bits per heavy atom. The van der Waals surface area contributed by atoms with Gasteiger partial charge in [-0.3, -0.25) is 4.79 Å². The van der Waals surface area contributed by atoms with Gasteiger partial charge < -0.3 is 4.90 Å². The number of rotatable bonds is 1. The van der Waals surface area contributed by atoms with Crippen LogP contribution in [-0.2, 0) is 23.8 Å². The van der Waals surface area contributed by atoms with E-state index in [1.54, 1.807) is 0 Å². The highest BCUT2D eigenvalue weighted by molar-refractivity contribution is 5.79. The molecule has 1 aromatic heterocycles. The fraction of sp³-hybridized carbons (Fsp3) is 0.688. The van der Waals surface area contributed by atoms with E-state index in [2.05, 4.69) is 9.97 Å². The summed E-state index contributed by atoms with van der Waals surface area (Å²) in [6, 6.07) is 0. The van der Waals surface area contributed by atoms with Crippen molar-refractivity contribution in [2.24, 2.45) is 5.92 Å². The van der Waals surface area contributed by atoms with Crippen molar-refractivity contribution < 1.29 is 18.0 Å². The normalized spacial score (nSPS) is 21.9. The van der Waals surface area contributed by atoms with Gasteiger partial charge in [-0.05, 0) is 45.4 Å². The van der Waals surface area contributed by atoms with Crippen molar-refractivity contribution in [2.75, 3.05) is 13.1 Å². The highest BCUT2D eigenvalue weighted by Gasteiger charge is 2.40. The van der Waals surface area contributed by atoms with Crippen molar-refractivity contribution >= 4 is 5.91 Å². The lowest BCUT2D eigenvalue weighted by molar-refractivity contribution is -0.143. The average molecular weight is 327 g/mol. The standard InChI is InChI=1S/C16H20F3N3O/c1-10-20-13-6-5-11(15(23)22-7-3-2-4-8-22)9-12(13)14(21-10)16(17,18)19/h11H,2-9H2,1H3. The van der Waals surface area contributed by atoms with Crippen LogP contribution < -0.4 is 0 Å². The second kappa shape index (κ2) is 6.09. The summed E-state index contributed by atoms with van der Waals surface area (Å²) in [4.78, 5) is 22.2. The summed E-state index contributed by atoms with van der Waals surface area (Å²) in [5.41, 5.74) is -0.298. The van der Waals surface area contributed by atoms with E-state index in [0.717, 1.165) is 32.4 Å². The van der Waals surface area contributed by atoms with Crippen LogP contribution in [0.1, 0.15) is 48.5 Å². The van der Waals surface area contributed by atoms with Crippen LogP contribution in [0.25, 0.3) is 0 Å². The lowest BCUT2D eigenvalue weighted by atomic mass is 9.84. The molecule has 126 valence electrons. The van der Waals surface area contributed by atoms with Crippen LogP contribution in [-0.4, -0.2) is 33.9 Å². The fourth-order valence-corrected chi connectivity index (χ4v) is 3.55. The number of nitrogens with zero attached hydrogens (tertiary/aromatic N) is 3. The SMILES string of the molecule is Cc1nc2c(c(C(F)(F)F)n1)CC(C(=O)N1CCCCC1)CC2. The van der Waals surface area contributed by atoms with Gasteiger partial charge >= 0.3 is 6.18 Å². The van der Waals surface area contributed by atoms with E-state index >= 15 is 0 Å². The van der Waals surface area contributed by atoms with Crippen molar-refractivity contribution in [2.45, 2.75) is 51.6 Å². The van der Waals surface area contributed by atoms with E-state index in [9.17, 15) is 18.0 Å². The van der Waals surface area contributed by atoms with E-state index in [0.29, 0.717) is 18.5 Å². The molecule has 3 rings (SSSR count). The first-order chi connectivity index (χ1) is 10.9. The molecule has 0 aromatic carbocycles. The van der Waals surface area contributed by atoms with Gasteiger partial charge in [-0.25, -0.2) is 9.97 Å². The summed E-state index contributed by atoms with van der Waals surface area (Å²) in [5, 5.41) is 0. The molecule has 1 aliphatic carbocycles. The summed E-state index contributed by atoms with van der Waals surface area (Å²) in [7, 11) is 0. The van der Waals surface area contributed by atoms with Crippen molar-refractivity contribution in [3.8, 4) is 0 Å². The molecule has 1 amide bonds. The molecular weight excluding hydrogens is 307 g/mol. The molecule has 1 fully saturated rings. The zero-order chi connectivity index (χ0) is 16.6. The van der Waals surface area contributed by atoms with E-state index in [4.69, 9.17) is 0 Å². The molecule has 1 atom stereocenters. The Balaban J connectivity index is 1.86. The number of hydrogen-bond donors (Lipinski definition) is 0. The van der Waals surface area contributed by atoms with E-state index < -0.39 is 11.9 Å². The zero-order valence-electron chi connectivity index (χ0n) is 13.1. The number of aryl methyl sites for hydroxylation is 2. The summed E-state index contributed by atoms with van der Waals surface area (Å²) < 4.78 is 39.8. The number of alkyl halides is 3. The van der Waals surface area contributed by atoms with Gasteiger partial charge in [0, 0.05) is 30.3 Å². The summed E-state index contributed by atoms with van der Waals surface area (Å²) >= 11 is 0. The molecule has 1 aliphatic heterocycles. The van der Waals surface area contributed by atoms with Gasteiger partial charge in [0.2, 0.25) is 5.91 Å². The first-order valence-electron chi connectivity index (χ1n) is 8.08. The van der Waals surface area contributed by atoms with E-state index in [1.165, 1.54) is 6.92 Å². The lowest BCUT2D eigenvalue weighted by Crippen LogP contribution is -2.41. The maximum atomic E-state index is 13.3. The number of halogens is 3. The van der Waals surface area contributed by atoms with Gasteiger partial charge in [0.15, 0.2) is 5.69 Å². The van der Waals surface area contributed by atoms with E-state index in [-0.39, 0.29) is 29.6 Å². The van der Waals surface area contributed by atoms with Crippen LogP contribution in [0, 0.1) is 12.8 Å². The first kappa shape index (κ1) is 16.2. The van der Waals surface area contributed by atoms with Crippen molar-refractivity contribution in [3.63, 3.8) is 0 Å². The third-order valence-corrected chi connectivity index (χ3v) is 4.67. The van der Waals surface area contributed by atoms with E-state index in [1.807, 2.05) is 4.90 Å². The summed E-state index contributed by atoms with van der Waals surface area (Å²) in [6.45, 7) is 2.91. The Morgan fingerprint density at radius 3 is 2.52 bits per heavy atom. The maximum absolute atomic E-state index is 13.3. The Bertz CT molecular complexity index is 609. The monoisotopic (exact) mass is 327 g/mol. The van der Waals surface area contributed by atoms with Crippen molar-refractivity contribution in [1.29, 1.82) is 0 Å². The quantitative estimate of drug-likeness (QED) is 0.797. The Morgan fingerprint density at radius 1 is 1.17 bits per heavy atom. The second-order valence-electron chi connectivity index (χ2n) is 6.37. The molecule has 0 radical (unpaired) electrons. The van der Waals surface area contributed by atoms with Gasteiger partial charge in [-0.1, -0.05) is 0 Å². The average Bonchev–Trinajstić information content (AvgIpc) is 2.53. The molecule has 2 heterocycles. The number of carbonyl (C=O) groups excluding carboxylic acids is 1. The van der Waals surface area contributed by atoms with Crippen LogP contribution in [0.2, 0.25) is 0 Å². The number of hydrogen-bond acceptors (Lipinski definition) is 3. The number of carbonyl (C=O) groups is 1. The molecule has 0 bridgehead atoms. The molecule has 1 aromatic rings. The first-order valence-corrected chi connectivity index (χ1v) is 8.08. The molecule has 1 saturated heterocycles. The minimum absolute atomic E-state index is 0.0101. The van der Waals surface area contributed by atoms with Crippen LogP contribution in [0.3, 0.4) is 0 Å². The number of aromatic nitrogens is 2. The fourth-order valence-electron chi connectivity index (χ4n) is 3.55. The van der Waals surface area contributed by atoms with Crippen molar-refractivity contribution in [1.82, 2.24) is 14.9 Å². The molecule has 4 nitrogen and oxygen atoms in total. The second-order valence-corrected chi connectivity index (χ2v) is 6.37. The minimum atomic E-state index is -4.51. The van der Waals surface area contributed by atoms with Crippen LogP contribution >= 0.6 is 0 Å². The molecule has 0 N–H and O–H groups in total. The predicted molar refractivity (Wildman–Crippen MR) is 77.7 cm³/mol. The number of fused-ring (bicyclic) bond motifs is 1. The molecule has 23 heavy (non-hydrogen) atoms. The molecular formula is C16H20F3N3O. The Kier molecular flexibility index (Phi) is 4.29. The molecule has 2 aliphatic rings. The van der Waals surface area contributed by atoms with Crippen LogP contribution in [0.5, 0.6) is 0 Å². The van der Waals surface area contributed by atoms with Crippen LogP contribution in [0.4, 0.5) is 13.2 Å². The van der Waals surface area contributed by atoms with Gasteiger partial charge in [0.05, 0.1) is 0 Å². The molecule has 0 saturated carbocycles. The van der Waals surface area contributed by atoms with Gasteiger partial charge in [0.1, 0.15) is 5.82 Å². The summed E-state index contributed by atoms with van der Waals surface area (Å²) in [5.74, 6) is -0.256. The lowest BCUT2D eigenvalue weighted by Gasteiger charge is -2.33. The minimum Gasteiger partial charge on any atom is -0.342 e. The number of likely N-dealkylation sites (tertiary alicyclic amines) is 1. The van der Waals surface area contributed by atoms with Crippen LogP contribution in [0.15, 0.2) is 0 Å². The topological polar surface area (TPSA) is 46.1 Å². The summed E-state index contributed by atoms with van der Waals surface area (Å²) in [6.07, 6.45) is -0.366.